The molecule has 1 N–H and O–H groups in total. The highest BCUT2D eigenvalue weighted by atomic mass is 32.1. The van der Waals surface area contributed by atoms with E-state index < -0.39 is 5.60 Å². The third-order valence-electron chi connectivity index (χ3n) is 4.82. The molecule has 4 nitrogen and oxygen atoms in total. The Labute approximate surface area is 146 Å². The number of nitrogens with zero attached hydrogens (tertiary/aromatic N) is 1. The maximum Gasteiger partial charge on any atom is 0.408 e. The van der Waals surface area contributed by atoms with Crippen LogP contribution in [0.1, 0.15) is 45.0 Å². The number of ether oxygens (including phenoxy) is 1. The minimum Gasteiger partial charge on any atom is -0.444 e. The molecule has 0 aliphatic heterocycles. The Balaban J connectivity index is 1.40. The van der Waals surface area contributed by atoms with Gasteiger partial charge in [0.15, 0.2) is 0 Å². The zero-order chi connectivity index (χ0) is 17.0. The van der Waals surface area contributed by atoms with Crippen molar-refractivity contribution >= 4 is 17.4 Å². The standard InChI is InChI=1S/C19H22N2O2S/c1-17(2,3)23-16(22)21-19-10-18(11-19,12-19)15-20-14(9-24-15)13-7-5-4-6-8-13/h4-9H,10-12H2,1-3H3,(H,21,22). The Morgan fingerprint density at radius 1 is 1.21 bits per heavy atom. The van der Waals surface area contributed by atoms with Gasteiger partial charge in [-0.2, -0.15) is 0 Å². The van der Waals surface area contributed by atoms with Crippen LogP contribution in [0, 0.1) is 0 Å². The summed E-state index contributed by atoms with van der Waals surface area (Å²) in [6.45, 7) is 5.66. The fraction of sp³-hybridized carbons (Fsp3) is 0.474. The average molecular weight is 342 g/mol. The predicted octanol–water partition coefficient (Wildman–Crippen LogP) is 4.51. The third-order valence-corrected chi connectivity index (χ3v) is 5.91. The highest BCUT2D eigenvalue weighted by Gasteiger charge is 2.70. The number of thiazole rings is 1. The summed E-state index contributed by atoms with van der Waals surface area (Å²) >= 11 is 1.74. The molecular weight excluding hydrogens is 320 g/mol. The van der Waals surface area contributed by atoms with Gasteiger partial charge in [0.05, 0.1) is 10.7 Å². The molecular formula is C19H22N2O2S. The van der Waals surface area contributed by atoms with E-state index in [4.69, 9.17) is 9.72 Å². The van der Waals surface area contributed by atoms with Crippen LogP contribution in [0.25, 0.3) is 11.3 Å². The molecule has 0 atom stereocenters. The van der Waals surface area contributed by atoms with Gasteiger partial charge in [-0.3, -0.25) is 0 Å². The van der Waals surface area contributed by atoms with E-state index in [0.29, 0.717) is 0 Å². The van der Waals surface area contributed by atoms with Gasteiger partial charge in [0, 0.05) is 21.9 Å². The number of nitrogens with one attached hydrogen (secondary N) is 1. The quantitative estimate of drug-likeness (QED) is 0.893. The average Bonchev–Trinajstić information content (AvgIpc) is 2.90. The fourth-order valence-electron chi connectivity index (χ4n) is 3.93. The number of carbonyl (C=O) groups excluding carboxylic acids is 1. The lowest BCUT2D eigenvalue weighted by atomic mass is 9.39. The fourth-order valence-corrected chi connectivity index (χ4v) is 4.96. The van der Waals surface area contributed by atoms with Crippen molar-refractivity contribution < 1.29 is 9.53 Å². The molecule has 0 radical (unpaired) electrons. The molecule has 126 valence electrons. The molecule has 3 aliphatic carbocycles. The smallest absolute Gasteiger partial charge is 0.408 e. The normalized spacial score (nSPS) is 27.8. The van der Waals surface area contributed by atoms with E-state index in [9.17, 15) is 4.79 Å². The van der Waals surface area contributed by atoms with E-state index in [1.54, 1.807) is 11.3 Å². The second kappa shape index (κ2) is 5.06. The summed E-state index contributed by atoms with van der Waals surface area (Å²) < 4.78 is 5.37. The Hall–Kier alpha value is -1.88. The van der Waals surface area contributed by atoms with Crippen molar-refractivity contribution in [1.29, 1.82) is 0 Å². The topological polar surface area (TPSA) is 51.2 Å². The number of alkyl carbamates (subject to hydrolysis) is 1. The first-order valence-corrected chi connectivity index (χ1v) is 9.20. The molecule has 1 amide bonds. The molecule has 24 heavy (non-hydrogen) atoms. The first kappa shape index (κ1) is 15.6. The van der Waals surface area contributed by atoms with Crippen molar-refractivity contribution in [2.75, 3.05) is 0 Å². The van der Waals surface area contributed by atoms with Crippen LogP contribution in [0.5, 0.6) is 0 Å². The molecule has 3 aliphatic rings. The van der Waals surface area contributed by atoms with Gasteiger partial charge in [0.25, 0.3) is 0 Å². The van der Waals surface area contributed by atoms with E-state index in [-0.39, 0.29) is 17.0 Å². The molecule has 1 aromatic heterocycles. The second-order valence-corrected chi connectivity index (χ2v) is 8.98. The molecule has 0 spiro atoms. The minimum atomic E-state index is -0.453. The lowest BCUT2D eigenvalue weighted by molar-refractivity contribution is -0.0884. The summed E-state index contributed by atoms with van der Waals surface area (Å²) in [5.41, 5.74) is 1.86. The molecule has 3 fully saturated rings. The van der Waals surface area contributed by atoms with E-state index in [1.165, 1.54) is 5.01 Å². The Bertz CT molecular complexity index is 756. The van der Waals surface area contributed by atoms with Gasteiger partial charge in [0.2, 0.25) is 0 Å². The number of benzene rings is 1. The monoisotopic (exact) mass is 342 g/mol. The number of aromatic nitrogens is 1. The first-order chi connectivity index (χ1) is 11.3. The van der Waals surface area contributed by atoms with Crippen molar-refractivity contribution in [2.24, 2.45) is 0 Å². The predicted molar refractivity (Wildman–Crippen MR) is 95.2 cm³/mol. The summed E-state index contributed by atoms with van der Waals surface area (Å²) in [6, 6.07) is 10.3. The Morgan fingerprint density at radius 3 is 2.50 bits per heavy atom. The molecule has 3 saturated carbocycles. The van der Waals surface area contributed by atoms with Crippen molar-refractivity contribution in [2.45, 2.75) is 56.6 Å². The van der Waals surface area contributed by atoms with Gasteiger partial charge in [0.1, 0.15) is 5.60 Å². The maximum atomic E-state index is 12.0. The molecule has 5 rings (SSSR count). The van der Waals surface area contributed by atoms with E-state index in [2.05, 4.69) is 22.8 Å². The van der Waals surface area contributed by atoms with Crippen molar-refractivity contribution in [3.8, 4) is 11.3 Å². The number of hydrogen-bond acceptors (Lipinski definition) is 4. The molecule has 0 unspecified atom stereocenters. The van der Waals surface area contributed by atoms with Gasteiger partial charge in [-0.15, -0.1) is 11.3 Å². The zero-order valence-electron chi connectivity index (χ0n) is 14.3. The Kier molecular flexibility index (Phi) is 3.29. The molecule has 0 saturated heterocycles. The molecule has 5 heteroatoms. The lowest BCUT2D eigenvalue weighted by Crippen LogP contribution is -2.76. The van der Waals surface area contributed by atoms with Crippen molar-refractivity contribution in [3.63, 3.8) is 0 Å². The van der Waals surface area contributed by atoms with Crippen LogP contribution < -0.4 is 5.32 Å². The van der Waals surface area contributed by atoms with Crippen LogP contribution in [0.15, 0.2) is 35.7 Å². The van der Waals surface area contributed by atoms with Gasteiger partial charge >= 0.3 is 6.09 Å². The summed E-state index contributed by atoms with van der Waals surface area (Å²) in [7, 11) is 0. The van der Waals surface area contributed by atoms with Crippen LogP contribution >= 0.6 is 11.3 Å². The van der Waals surface area contributed by atoms with Crippen LogP contribution in [0.3, 0.4) is 0 Å². The summed E-state index contributed by atoms with van der Waals surface area (Å²) in [6.07, 6.45) is 2.61. The highest BCUT2D eigenvalue weighted by Crippen LogP contribution is 2.68. The number of carbonyl (C=O) groups is 1. The number of rotatable bonds is 3. The van der Waals surface area contributed by atoms with E-state index >= 15 is 0 Å². The minimum absolute atomic E-state index is 0.0685. The second-order valence-electron chi connectivity index (χ2n) is 8.12. The molecule has 2 aromatic rings. The number of hydrogen-bond donors (Lipinski definition) is 1. The maximum absolute atomic E-state index is 12.0. The SMILES string of the molecule is CC(C)(C)OC(=O)NC12CC(c3nc(-c4ccccc4)cs3)(C1)C2. The molecule has 1 heterocycles. The summed E-state index contributed by atoms with van der Waals surface area (Å²) in [5.74, 6) is 0. The van der Waals surface area contributed by atoms with Crippen LogP contribution in [0.2, 0.25) is 0 Å². The summed E-state index contributed by atoms with van der Waals surface area (Å²) in [5, 5.41) is 6.40. The van der Waals surface area contributed by atoms with Crippen LogP contribution in [-0.2, 0) is 10.2 Å². The largest absolute Gasteiger partial charge is 0.444 e. The van der Waals surface area contributed by atoms with Crippen LogP contribution in [-0.4, -0.2) is 22.2 Å². The van der Waals surface area contributed by atoms with Gasteiger partial charge < -0.3 is 10.1 Å². The lowest BCUT2D eigenvalue weighted by Gasteiger charge is -2.69. The van der Waals surface area contributed by atoms with Gasteiger partial charge in [-0.1, -0.05) is 30.3 Å². The number of amides is 1. The van der Waals surface area contributed by atoms with Gasteiger partial charge in [-0.25, -0.2) is 9.78 Å². The van der Waals surface area contributed by atoms with E-state index in [1.807, 2.05) is 39.0 Å². The highest BCUT2D eigenvalue weighted by molar-refractivity contribution is 7.10. The zero-order valence-corrected chi connectivity index (χ0v) is 15.1. The molecule has 1 aromatic carbocycles. The third kappa shape index (κ3) is 2.61. The van der Waals surface area contributed by atoms with Crippen molar-refractivity contribution in [3.05, 3.63) is 40.7 Å². The van der Waals surface area contributed by atoms with Crippen LogP contribution in [0.4, 0.5) is 4.79 Å². The van der Waals surface area contributed by atoms with E-state index in [0.717, 1.165) is 30.5 Å². The summed E-state index contributed by atoms with van der Waals surface area (Å²) in [4.78, 5) is 16.8. The molecule has 2 bridgehead atoms. The Morgan fingerprint density at radius 2 is 1.88 bits per heavy atom. The van der Waals surface area contributed by atoms with Crippen molar-refractivity contribution in [1.82, 2.24) is 10.3 Å². The van der Waals surface area contributed by atoms with Gasteiger partial charge in [-0.05, 0) is 40.0 Å². The first-order valence-electron chi connectivity index (χ1n) is 8.32.